The van der Waals surface area contributed by atoms with Crippen LogP contribution in [0.1, 0.15) is 27.6 Å². The van der Waals surface area contributed by atoms with E-state index in [0.29, 0.717) is 55.7 Å². The molecule has 3 aromatic carbocycles. The lowest BCUT2D eigenvalue weighted by Crippen LogP contribution is -2.33. The Morgan fingerprint density at radius 3 is 2.27 bits per heavy atom. The van der Waals surface area contributed by atoms with E-state index in [1.165, 1.54) is 27.4 Å². The van der Waals surface area contributed by atoms with Gasteiger partial charge in [0.25, 0.3) is 5.91 Å². The molecular weight excluding hydrogens is 550 g/mol. The number of pyridine rings is 1. The molecule has 11 heteroatoms. The molecule has 0 saturated heterocycles. The van der Waals surface area contributed by atoms with Gasteiger partial charge in [0.1, 0.15) is 0 Å². The molecule has 1 heterocycles. The second-order valence-electron chi connectivity index (χ2n) is 8.64. The van der Waals surface area contributed by atoms with Crippen molar-refractivity contribution in [1.82, 2.24) is 10.3 Å². The summed E-state index contributed by atoms with van der Waals surface area (Å²) in [4.78, 5) is 42.7. The summed E-state index contributed by atoms with van der Waals surface area (Å²) in [5.41, 5.74) is 2.38. The molecule has 0 aliphatic heterocycles. The van der Waals surface area contributed by atoms with Crippen LogP contribution in [0.3, 0.4) is 0 Å². The summed E-state index contributed by atoms with van der Waals surface area (Å²) in [6, 6.07) is 16.5. The van der Waals surface area contributed by atoms with Gasteiger partial charge in [-0.1, -0.05) is 29.8 Å². The van der Waals surface area contributed by atoms with Gasteiger partial charge < -0.3 is 29.6 Å². The summed E-state index contributed by atoms with van der Waals surface area (Å²) in [7, 11) is 4.51. The Morgan fingerprint density at radius 1 is 0.902 bits per heavy atom. The van der Waals surface area contributed by atoms with Crippen LogP contribution in [0.25, 0.3) is 22.2 Å². The lowest BCUT2D eigenvalue weighted by molar-refractivity contribution is -0.115. The number of aromatic nitrogens is 1. The standard InChI is InChI=1S/C30H28ClN3O7/c1-5-41-30(37)17-8-6-9-19(12-17)33-26(35)16-32-29(36)21-15-23(34-27-20(21)10-7-11-22(27)31)18-13-24(38-2)28(40-4)25(14-18)39-3/h6-15H,5,16H2,1-4H3,(H,32,36)(H,33,35). The van der Waals surface area contributed by atoms with E-state index in [-0.39, 0.29) is 18.7 Å². The van der Waals surface area contributed by atoms with Crippen molar-refractivity contribution in [2.75, 3.05) is 39.8 Å². The minimum absolute atomic E-state index is 0.234. The van der Waals surface area contributed by atoms with Gasteiger partial charge in [-0.25, -0.2) is 9.78 Å². The summed E-state index contributed by atoms with van der Waals surface area (Å²) in [6.45, 7) is 1.61. The van der Waals surface area contributed by atoms with Crippen LogP contribution in [-0.2, 0) is 9.53 Å². The smallest absolute Gasteiger partial charge is 0.338 e. The molecule has 10 nitrogen and oxygen atoms in total. The number of anilines is 1. The number of esters is 1. The number of rotatable bonds is 10. The Balaban J connectivity index is 1.61. The first-order valence-corrected chi connectivity index (χ1v) is 12.9. The zero-order valence-electron chi connectivity index (χ0n) is 22.9. The third kappa shape index (κ3) is 6.50. The number of para-hydroxylation sites is 1. The molecule has 0 atom stereocenters. The van der Waals surface area contributed by atoms with Gasteiger partial charge in [-0.05, 0) is 49.4 Å². The van der Waals surface area contributed by atoms with E-state index in [9.17, 15) is 14.4 Å². The predicted octanol–water partition coefficient (Wildman–Crippen LogP) is 5.13. The molecule has 0 radical (unpaired) electrons. The van der Waals surface area contributed by atoms with Crippen LogP contribution in [0.15, 0.2) is 60.7 Å². The van der Waals surface area contributed by atoms with E-state index < -0.39 is 17.8 Å². The number of hydrogen-bond acceptors (Lipinski definition) is 8. The van der Waals surface area contributed by atoms with Crippen LogP contribution in [0.4, 0.5) is 5.69 Å². The van der Waals surface area contributed by atoms with Crippen molar-refractivity contribution in [3.8, 4) is 28.5 Å². The fraction of sp³-hybridized carbons (Fsp3) is 0.200. The van der Waals surface area contributed by atoms with E-state index in [2.05, 4.69) is 10.6 Å². The molecule has 4 aromatic rings. The molecule has 0 aliphatic carbocycles. The number of amides is 2. The molecule has 0 unspecified atom stereocenters. The van der Waals surface area contributed by atoms with Crippen molar-refractivity contribution in [3.05, 3.63) is 76.8 Å². The molecule has 0 spiro atoms. The van der Waals surface area contributed by atoms with E-state index in [1.54, 1.807) is 61.5 Å². The van der Waals surface area contributed by atoms with Crippen molar-refractivity contribution in [1.29, 1.82) is 0 Å². The minimum atomic E-state index is -0.510. The average Bonchev–Trinajstić information content (AvgIpc) is 2.99. The number of hydrogen-bond donors (Lipinski definition) is 2. The summed E-state index contributed by atoms with van der Waals surface area (Å²) < 4.78 is 21.3. The SMILES string of the molecule is CCOC(=O)c1cccc(NC(=O)CNC(=O)c2cc(-c3cc(OC)c(OC)c(OC)c3)nc3c(Cl)cccc23)c1. The van der Waals surface area contributed by atoms with Gasteiger partial charge in [0.05, 0.1) is 61.8 Å². The predicted molar refractivity (Wildman–Crippen MR) is 155 cm³/mol. The van der Waals surface area contributed by atoms with Crippen LogP contribution < -0.4 is 24.8 Å². The number of carbonyl (C=O) groups is 3. The molecule has 41 heavy (non-hydrogen) atoms. The number of carbonyl (C=O) groups excluding carboxylic acids is 3. The number of nitrogens with zero attached hydrogens (tertiary/aromatic N) is 1. The topological polar surface area (TPSA) is 125 Å². The first-order valence-electron chi connectivity index (χ1n) is 12.5. The van der Waals surface area contributed by atoms with Gasteiger partial charge in [-0.2, -0.15) is 0 Å². The highest BCUT2D eigenvalue weighted by molar-refractivity contribution is 6.35. The number of methoxy groups -OCH3 is 3. The maximum absolute atomic E-state index is 13.4. The van der Waals surface area contributed by atoms with E-state index in [1.807, 2.05) is 0 Å². The largest absolute Gasteiger partial charge is 0.493 e. The highest BCUT2D eigenvalue weighted by atomic mass is 35.5. The van der Waals surface area contributed by atoms with Gasteiger partial charge in [-0.3, -0.25) is 9.59 Å². The Labute approximate surface area is 241 Å². The van der Waals surface area contributed by atoms with Gasteiger partial charge in [0, 0.05) is 16.6 Å². The number of benzene rings is 3. The van der Waals surface area contributed by atoms with Crippen LogP contribution >= 0.6 is 11.6 Å². The normalized spacial score (nSPS) is 10.6. The fourth-order valence-electron chi connectivity index (χ4n) is 4.18. The second kappa shape index (κ2) is 13.0. The Kier molecular flexibility index (Phi) is 9.26. The third-order valence-corrected chi connectivity index (χ3v) is 6.37. The Bertz CT molecular complexity index is 1600. The lowest BCUT2D eigenvalue weighted by Gasteiger charge is -2.15. The van der Waals surface area contributed by atoms with Crippen molar-refractivity contribution in [2.24, 2.45) is 0 Å². The van der Waals surface area contributed by atoms with Crippen LogP contribution in [0.2, 0.25) is 5.02 Å². The summed E-state index contributed by atoms with van der Waals surface area (Å²) in [6.07, 6.45) is 0. The quantitative estimate of drug-likeness (QED) is 0.249. The minimum Gasteiger partial charge on any atom is -0.493 e. The van der Waals surface area contributed by atoms with E-state index in [0.717, 1.165) is 0 Å². The van der Waals surface area contributed by atoms with Gasteiger partial charge >= 0.3 is 5.97 Å². The summed E-state index contributed by atoms with van der Waals surface area (Å²) in [5, 5.41) is 6.18. The zero-order valence-corrected chi connectivity index (χ0v) is 23.6. The van der Waals surface area contributed by atoms with Gasteiger partial charge in [-0.15, -0.1) is 0 Å². The highest BCUT2D eigenvalue weighted by Crippen LogP contribution is 2.41. The third-order valence-electron chi connectivity index (χ3n) is 6.06. The maximum atomic E-state index is 13.4. The number of ether oxygens (including phenoxy) is 4. The first-order chi connectivity index (χ1) is 19.8. The molecule has 2 N–H and O–H groups in total. The molecule has 4 rings (SSSR count). The number of nitrogens with one attached hydrogen (secondary N) is 2. The molecule has 2 amide bonds. The van der Waals surface area contributed by atoms with Crippen LogP contribution in [-0.4, -0.2) is 57.2 Å². The van der Waals surface area contributed by atoms with Crippen molar-refractivity contribution < 1.29 is 33.3 Å². The maximum Gasteiger partial charge on any atom is 0.338 e. The molecule has 0 saturated carbocycles. The molecule has 1 aromatic heterocycles. The van der Waals surface area contributed by atoms with Gasteiger partial charge in [0.15, 0.2) is 11.5 Å². The first kappa shape index (κ1) is 29.2. The van der Waals surface area contributed by atoms with Crippen LogP contribution in [0.5, 0.6) is 17.2 Å². The van der Waals surface area contributed by atoms with Crippen molar-refractivity contribution in [3.63, 3.8) is 0 Å². The molecule has 0 fully saturated rings. The van der Waals surface area contributed by atoms with E-state index >= 15 is 0 Å². The summed E-state index contributed by atoms with van der Waals surface area (Å²) in [5.74, 6) is -0.253. The number of halogens is 1. The Hall–Kier alpha value is -4.83. The molecule has 0 aliphatic rings. The molecule has 212 valence electrons. The van der Waals surface area contributed by atoms with Crippen molar-refractivity contribution in [2.45, 2.75) is 6.92 Å². The lowest BCUT2D eigenvalue weighted by atomic mass is 10.0. The highest BCUT2D eigenvalue weighted by Gasteiger charge is 2.20. The fourth-order valence-corrected chi connectivity index (χ4v) is 4.39. The zero-order chi connectivity index (χ0) is 29.5. The monoisotopic (exact) mass is 577 g/mol. The second-order valence-corrected chi connectivity index (χ2v) is 9.04. The van der Waals surface area contributed by atoms with Crippen molar-refractivity contribution >= 4 is 46.0 Å². The number of fused-ring (bicyclic) bond motifs is 1. The molecular formula is C30H28ClN3O7. The van der Waals surface area contributed by atoms with E-state index in [4.69, 9.17) is 35.5 Å². The van der Waals surface area contributed by atoms with Crippen LogP contribution in [0, 0.1) is 0 Å². The Morgan fingerprint density at radius 2 is 1.61 bits per heavy atom. The molecule has 0 bridgehead atoms. The average molecular weight is 578 g/mol. The summed E-state index contributed by atoms with van der Waals surface area (Å²) >= 11 is 6.47. The van der Waals surface area contributed by atoms with Gasteiger partial charge in [0.2, 0.25) is 11.7 Å².